The Kier molecular flexibility index (Phi) is 6.18. The molecule has 1 aromatic heterocycles. The summed E-state index contributed by atoms with van der Waals surface area (Å²) in [4.78, 5) is 2.31. The molecule has 0 atom stereocenters. The van der Waals surface area contributed by atoms with Gasteiger partial charge in [-0.2, -0.15) is 0 Å². The lowest BCUT2D eigenvalue weighted by atomic mass is 9.93. The van der Waals surface area contributed by atoms with Crippen molar-refractivity contribution in [3.05, 3.63) is 176 Å². The van der Waals surface area contributed by atoms with Crippen LogP contribution >= 0.6 is 0 Å². The van der Waals surface area contributed by atoms with Crippen molar-refractivity contribution in [2.24, 2.45) is 0 Å². The van der Waals surface area contributed by atoms with Gasteiger partial charge in [-0.15, -0.1) is 0 Å². The first-order valence-corrected chi connectivity index (χ1v) is 16.6. The minimum atomic E-state index is 0.825. The Labute approximate surface area is 283 Å². The van der Waals surface area contributed by atoms with Crippen LogP contribution in [0.15, 0.2) is 180 Å². The lowest BCUT2D eigenvalue weighted by Gasteiger charge is -2.27. The first-order valence-electron chi connectivity index (χ1n) is 16.6. The summed E-state index contributed by atoms with van der Waals surface area (Å²) >= 11 is 0. The Bertz CT molecular complexity index is 2710. The fourth-order valence-corrected chi connectivity index (χ4v) is 7.38. The minimum absolute atomic E-state index is 0.825. The second-order valence-electron chi connectivity index (χ2n) is 12.5. The van der Waals surface area contributed by atoms with E-state index < -0.39 is 0 Å². The van der Waals surface area contributed by atoms with Gasteiger partial charge in [-0.3, -0.25) is 0 Å². The number of anilines is 3. The maximum Gasteiger partial charge on any atom is 0.159 e. The van der Waals surface area contributed by atoms with E-state index in [-0.39, 0.29) is 0 Å². The second kappa shape index (κ2) is 11.0. The van der Waals surface area contributed by atoms with Crippen molar-refractivity contribution < 1.29 is 9.15 Å². The highest BCUT2D eigenvalue weighted by Crippen LogP contribution is 2.51. The monoisotopic (exact) mass is 627 g/mol. The third-order valence-corrected chi connectivity index (χ3v) is 9.66. The molecule has 0 unspecified atom stereocenters. The topological polar surface area (TPSA) is 25.6 Å². The molecule has 2 heterocycles. The van der Waals surface area contributed by atoms with Crippen LogP contribution in [0.25, 0.3) is 66.1 Å². The van der Waals surface area contributed by atoms with Gasteiger partial charge in [-0.1, -0.05) is 127 Å². The highest BCUT2D eigenvalue weighted by molar-refractivity contribution is 6.10. The van der Waals surface area contributed by atoms with Crippen molar-refractivity contribution in [3.8, 4) is 44.9 Å². The fraction of sp³-hybridized carbons (Fsp3) is 0. The summed E-state index contributed by atoms with van der Waals surface area (Å²) in [6, 6.07) is 61.9. The van der Waals surface area contributed by atoms with Crippen molar-refractivity contribution in [1.29, 1.82) is 0 Å². The van der Waals surface area contributed by atoms with Gasteiger partial charge >= 0.3 is 0 Å². The Balaban J connectivity index is 1.22. The molecule has 0 aliphatic carbocycles. The zero-order chi connectivity index (χ0) is 32.3. The Morgan fingerprint density at radius 2 is 1.10 bits per heavy atom. The van der Waals surface area contributed by atoms with Gasteiger partial charge in [0.15, 0.2) is 5.58 Å². The van der Waals surface area contributed by atoms with E-state index >= 15 is 0 Å². The summed E-state index contributed by atoms with van der Waals surface area (Å²) in [6.07, 6.45) is 0. The van der Waals surface area contributed by atoms with E-state index in [1.165, 1.54) is 5.56 Å². The molecule has 1 aliphatic rings. The van der Waals surface area contributed by atoms with E-state index in [1.54, 1.807) is 0 Å². The SMILES string of the molecule is c1ccc(-c2cccc(N(c3ccc4c(c3)-c3ccccc3-c3ccc5ccccc5c3O4)c3cccc4c3oc3ccccc34)c2)cc1. The lowest BCUT2D eigenvalue weighted by Crippen LogP contribution is -2.10. The van der Waals surface area contributed by atoms with Crippen molar-refractivity contribution >= 4 is 49.8 Å². The molecular formula is C46H29NO2. The van der Waals surface area contributed by atoms with Crippen LogP contribution < -0.4 is 9.64 Å². The number of furan rings is 1. The van der Waals surface area contributed by atoms with Crippen LogP contribution in [0, 0.1) is 0 Å². The van der Waals surface area contributed by atoms with Gasteiger partial charge in [-0.25, -0.2) is 0 Å². The highest BCUT2D eigenvalue weighted by atomic mass is 16.5. The van der Waals surface area contributed by atoms with Crippen molar-refractivity contribution in [2.45, 2.75) is 0 Å². The summed E-state index contributed by atoms with van der Waals surface area (Å²) in [7, 11) is 0. The van der Waals surface area contributed by atoms with Gasteiger partial charge in [0.05, 0.1) is 5.69 Å². The average molecular weight is 628 g/mol. The molecule has 230 valence electrons. The smallest absolute Gasteiger partial charge is 0.159 e. The molecule has 9 aromatic rings. The van der Waals surface area contributed by atoms with Gasteiger partial charge in [0.25, 0.3) is 0 Å². The molecule has 3 heteroatoms. The van der Waals surface area contributed by atoms with Crippen LogP contribution in [-0.4, -0.2) is 0 Å². The van der Waals surface area contributed by atoms with Gasteiger partial charge in [0.2, 0.25) is 0 Å². The third-order valence-electron chi connectivity index (χ3n) is 9.66. The predicted molar refractivity (Wildman–Crippen MR) is 202 cm³/mol. The first kappa shape index (κ1) is 27.5. The number of hydrogen-bond acceptors (Lipinski definition) is 3. The molecule has 10 rings (SSSR count). The summed E-state index contributed by atoms with van der Waals surface area (Å²) < 4.78 is 13.5. The molecule has 0 fully saturated rings. The molecular weight excluding hydrogens is 599 g/mol. The van der Waals surface area contributed by atoms with Crippen LogP contribution in [0.4, 0.5) is 17.1 Å². The van der Waals surface area contributed by atoms with Crippen LogP contribution in [0.2, 0.25) is 0 Å². The van der Waals surface area contributed by atoms with Crippen molar-refractivity contribution in [2.75, 3.05) is 4.90 Å². The van der Waals surface area contributed by atoms with E-state index in [0.29, 0.717) is 0 Å². The lowest BCUT2D eigenvalue weighted by molar-refractivity contribution is 0.493. The summed E-state index contributed by atoms with van der Waals surface area (Å²) in [5, 5.41) is 4.44. The number of nitrogens with zero attached hydrogens (tertiary/aromatic N) is 1. The third kappa shape index (κ3) is 4.44. The minimum Gasteiger partial charge on any atom is -0.455 e. The Hall–Kier alpha value is -6.58. The number of hydrogen-bond donors (Lipinski definition) is 0. The number of para-hydroxylation sites is 2. The van der Waals surface area contributed by atoms with E-state index in [2.05, 4.69) is 169 Å². The molecule has 0 amide bonds. The zero-order valence-corrected chi connectivity index (χ0v) is 26.5. The number of rotatable bonds is 4. The normalized spacial score (nSPS) is 11.8. The number of benzene rings is 8. The van der Waals surface area contributed by atoms with Gasteiger partial charge in [0, 0.05) is 38.7 Å². The summed E-state index contributed by atoms with van der Waals surface area (Å²) in [5.41, 5.74) is 11.4. The molecule has 0 bridgehead atoms. The molecule has 0 N–H and O–H groups in total. The van der Waals surface area contributed by atoms with Crippen molar-refractivity contribution in [1.82, 2.24) is 0 Å². The quantitative estimate of drug-likeness (QED) is 0.194. The van der Waals surface area contributed by atoms with Crippen LogP contribution in [0.5, 0.6) is 11.5 Å². The molecule has 0 saturated heterocycles. The molecule has 0 radical (unpaired) electrons. The average Bonchev–Trinajstić information content (AvgIpc) is 3.49. The largest absolute Gasteiger partial charge is 0.455 e. The van der Waals surface area contributed by atoms with Crippen molar-refractivity contribution in [3.63, 3.8) is 0 Å². The predicted octanol–water partition coefficient (Wildman–Crippen LogP) is 13.3. The number of fused-ring (bicyclic) bond motifs is 10. The number of ether oxygens (including phenoxy) is 1. The Morgan fingerprint density at radius 1 is 0.408 bits per heavy atom. The molecule has 0 spiro atoms. The fourth-order valence-electron chi connectivity index (χ4n) is 7.38. The Morgan fingerprint density at radius 3 is 2.00 bits per heavy atom. The molecule has 1 aliphatic heterocycles. The van der Waals surface area contributed by atoms with E-state index in [0.717, 1.165) is 89.1 Å². The molecule has 0 saturated carbocycles. The van der Waals surface area contributed by atoms with Gasteiger partial charge in [0.1, 0.15) is 17.1 Å². The molecule has 49 heavy (non-hydrogen) atoms. The molecule has 3 nitrogen and oxygen atoms in total. The van der Waals surface area contributed by atoms with Crippen LogP contribution in [-0.2, 0) is 0 Å². The summed E-state index contributed by atoms with van der Waals surface area (Å²) in [6.45, 7) is 0. The van der Waals surface area contributed by atoms with E-state index in [1.807, 2.05) is 12.1 Å². The molecule has 8 aromatic carbocycles. The zero-order valence-electron chi connectivity index (χ0n) is 26.5. The van der Waals surface area contributed by atoms with E-state index in [4.69, 9.17) is 9.15 Å². The maximum absolute atomic E-state index is 6.89. The first-order chi connectivity index (χ1) is 24.3. The second-order valence-corrected chi connectivity index (χ2v) is 12.5. The van der Waals surface area contributed by atoms with E-state index in [9.17, 15) is 0 Å². The summed E-state index contributed by atoms with van der Waals surface area (Å²) in [5.74, 6) is 1.71. The standard InChI is InChI=1S/C46H29NO2/c1-2-12-30(13-3-1)32-15-10-16-33(28-32)47(42-22-11-21-39-38-20-8-9-23-43(38)49-46(39)42)34-25-27-44-41(29-34)37-19-7-6-18-36(37)40-26-24-31-14-4-5-17-35(31)45(40)48-44/h1-29H. The van der Waals surface area contributed by atoms with Crippen LogP contribution in [0.3, 0.4) is 0 Å². The van der Waals surface area contributed by atoms with Gasteiger partial charge < -0.3 is 14.1 Å². The maximum atomic E-state index is 6.89. The highest BCUT2D eigenvalue weighted by Gasteiger charge is 2.25. The van der Waals surface area contributed by atoms with Crippen LogP contribution in [0.1, 0.15) is 0 Å². The van der Waals surface area contributed by atoms with Gasteiger partial charge in [-0.05, 0) is 76.2 Å².